The number of nitrogens with one attached hydrogen (secondary N) is 1. The highest BCUT2D eigenvalue weighted by Crippen LogP contribution is 2.54. The predicted octanol–water partition coefficient (Wildman–Crippen LogP) is 4.77. The SMILES string of the molecule is O=C(O)c1ccccc1[C@@H]1Nc2c(Cl)ccc([N+](=O)[O-])c2[C@@H]2C=CC[C@H]21. The number of rotatable bonds is 3. The first-order chi connectivity index (χ1) is 12.5. The lowest BCUT2D eigenvalue weighted by molar-refractivity contribution is -0.385. The highest BCUT2D eigenvalue weighted by Gasteiger charge is 2.43. The first-order valence-electron chi connectivity index (χ1n) is 8.21. The smallest absolute Gasteiger partial charge is 0.336 e. The second kappa shape index (κ2) is 6.14. The number of allylic oxidation sites excluding steroid dienone is 2. The average molecular weight is 371 g/mol. The summed E-state index contributed by atoms with van der Waals surface area (Å²) in [5.41, 5.74) is 2.00. The largest absolute Gasteiger partial charge is 0.478 e. The van der Waals surface area contributed by atoms with Crippen LogP contribution in [0.25, 0.3) is 0 Å². The molecule has 4 rings (SSSR count). The van der Waals surface area contributed by atoms with Gasteiger partial charge in [-0.1, -0.05) is 42.0 Å². The second-order valence-electron chi connectivity index (χ2n) is 6.48. The van der Waals surface area contributed by atoms with Gasteiger partial charge in [0.1, 0.15) is 0 Å². The van der Waals surface area contributed by atoms with Gasteiger partial charge in [-0.15, -0.1) is 0 Å². The van der Waals surface area contributed by atoms with E-state index in [0.717, 1.165) is 0 Å². The van der Waals surface area contributed by atoms with Gasteiger partial charge in [0.05, 0.1) is 32.8 Å². The molecule has 2 aliphatic rings. The van der Waals surface area contributed by atoms with Crippen LogP contribution < -0.4 is 5.32 Å². The lowest BCUT2D eigenvalue weighted by Crippen LogP contribution is -2.31. The molecule has 0 fully saturated rings. The molecule has 3 atom stereocenters. The average Bonchev–Trinajstić information content (AvgIpc) is 3.11. The quantitative estimate of drug-likeness (QED) is 0.461. The molecule has 0 aromatic heterocycles. The normalized spacial score (nSPS) is 23.0. The number of nitrogens with zero attached hydrogens (tertiary/aromatic N) is 1. The van der Waals surface area contributed by atoms with Gasteiger partial charge in [0.15, 0.2) is 0 Å². The van der Waals surface area contributed by atoms with Crippen molar-refractivity contribution in [2.24, 2.45) is 5.92 Å². The molecule has 2 N–H and O–H groups in total. The van der Waals surface area contributed by atoms with Crippen LogP contribution in [0, 0.1) is 16.0 Å². The van der Waals surface area contributed by atoms with Crippen molar-refractivity contribution in [2.75, 3.05) is 5.32 Å². The van der Waals surface area contributed by atoms with Crippen molar-refractivity contribution in [3.8, 4) is 0 Å². The van der Waals surface area contributed by atoms with Gasteiger partial charge in [-0.25, -0.2) is 4.79 Å². The van der Waals surface area contributed by atoms with Gasteiger partial charge in [-0.05, 0) is 30.0 Å². The summed E-state index contributed by atoms with van der Waals surface area (Å²) in [7, 11) is 0. The van der Waals surface area contributed by atoms with E-state index in [9.17, 15) is 20.0 Å². The van der Waals surface area contributed by atoms with E-state index in [0.29, 0.717) is 28.3 Å². The molecular weight excluding hydrogens is 356 g/mol. The zero-order chi connectivity index (χ0) is 18.4. The van der Waals surface area contributed by atoms with Gasteiger partial charge in [-0.3, -0.25) is 10.1 Å². The van der Waals surface area contributed by atoms with Crippen LogP contribution in [0.4, 0.5) is 11.4 Å². The first kappa shape index (κ1) is 16.6. The molecule has 0 saturated carbocycles. The Kier molecular flexibility index (Phi) is 3.92. The number of carboxylic acids is 1. The van der Waals surface area contributed by atoms with Crippen LogP contribution in [-0.2, 0) is 0 Å². The van der Waals surface area contributed by atoms with Crippen molar-refractivity contribution < 1.29 is 14.8 Å². The van der Waals surface area contributed by atoms with Crippen LogP contribution in [-0.4, -0.2) is 16.0 Å². The van der Waals surface area contributed by atoms with Gasteiger partial charge < -0.3 is 10.4 Å². The van der Waals surface area contributed by atoms with Crippen LogP contribution in [0.3, 0.4) is 0 Å². The van der Waals surface area contributed by atoms with Crippen LogP contribution >= 0.6 is 11.6 Å². The van der Waals surface area contributed by atoms with Crippen molar-refractivity contribution >= 4 is 28.9 Å². The van der Waals surface area contributed by atoms with Crippen LogP contribution in [0.2, 0.25) is 5.02 Å². The zero-order valence-corrected chi connectivity index (χ0v) is 14.3. The summed E-state index contributed by atoms with van der Waals surface area (Å²) in [6, 6.07) is 9.47. The van der Waals surface area contributed by atoms with E-state index in [1.54, 1.807) is 24.3 Å². The van der Waals surface area contributed by atoms with Gasteiger partial charge >= 0.3 is 5.97 Å². The molecule has 0 bridgehead atoms. The first-order valence-corrected chi connectivity index (χ1v) is 8.59. The van der Waals surface area contributed by atoms with Crippen LogP contribution in [0.1, 0.15) is 39.9 Å². The summed E-state index contributed by atoms with van der Waals surface area (Å²) in [4.78, 5) is 22.8. The number of fused-ring (bicyclic) bond motifs is 3. The number of carboxylic acid groups (broad SMARTS) is 1. The summed E-state index contributed by atoms with van der Waals surface area (Å²) in [6.07, 6.45) is 4.66. The molecule has 0 unspecified atom stereocenters. The monoisotopic (exact) mass is 370 g/mol. The molecule has 0 radical (unpaired) electrons. The Hall–Kier alpha value is -2.86. The number of halogens is 1. The number of anilines is 1. The molecule has 0 amide bonds. The molecule has 0 saturated heterocycles. The van der Waals surface area contributed by atoms with Gasteiger partial charge in [-0.2, -0.15) is 0 Å². The number of benzene rings is 2. The molecule has 2 aromatic rings. The Labute approximate surface area is 154 Å². The summed E-state index contributed by atoms with van der Waals surface area (Å²) in [6.45, 7) is 0. The van der Waals surface area contributed by atoms with Crippen LogP contribution in [0.5, 0.6) is 0 Å². The fraction of sp³-hybridized carbons (Fsp3) is 0.211. The van der Waals surface area contributed by atoms with Crippen molar-refractivity contribution in [1.29, 1.82) is 0 Å². The fourth-order valence-electron chi connectivity index (χ4n) is 4.08. The molecule has 26 heavy (non-hydrogen) atoms. The number of nitro groups is 1. The number of aromatic carboxylic acids is 1. The van der Waals surface area contributed by atoms with E-state index in [1.807, 2.05) is 12.2 Å². The number of nitro benzene ring substituents is 1. The fourth-order valence-corrected chi connectivity index (χ4v) is 4.30. The molecule has 6 nitrogen and oxygen atoms in total. The number of hydrogen-bond donors (Lipinski definition) is 2. The maximum absolute atomic E-state index is 11.7. The zero-order valence-electron chi connectivity index (χ0n) is 13.6. The van der Waals surface area contributed by atoms with Crippen molar-refractivity contribution in [3.63, 3.8) is 0 Å². The van der Waals surface area contributed by atoms with E-state index >= 15 is 0 Å². The Balaban J connectivity index is 1.90. The van der Waals surface area contributed by atoms with Crippen molar-refractivity contribution in [1.82, 2.24) is 0 Å². The summed E-state index contributed by atoms with van der Waals surface area (Å²) < 4.78 is 0. The van der Waals surface area contributed by atoms with E-state index in [-0.39, 0.29) is 29.1 Å². The minimum absolute atomic E-state index is 0.0137. The van der Waals surface area contributed by atoms with Gasteiger partial charge in [0.2, 0.25) is 0 Å². The van der Waals surface area contributed by atoms with Gasteiger partial charge in [0.25, 0.3) is 5.69 Å². The summed E-state index contributed by atoms with van der Waals surface area (Å²) in [5, 5.41) is 24.7. The maximum Gasteiger partial charge on any atom is 0.336 e. The Bertz CT molecular complexity index is 957. The molecule has 2 aromatic carbocycles. The minimum atomic E-state index is -0.999. The Morgan fingerprint density at radius 3 is 2.77 bits per heavy atom. The van der Waals surface area contributed by atoms with E-state index in [2.05, 4.69) is 5.32 Å². The standard InChI is InChI=1S/C19H15ClN2O4/c20-14-8-9-15(22(25)26)16-10-6-3-7-11(10)17(21-18(14)16)12-4-1-2-5-13(12)19(23)24/h1-6,8-11,17,21H,7H2,(H,23,24)/t10-,11-,17-/m1/s1. The molecule has 7 heteroatoms. The van der Waals surface area contributed by atoms with Crippen molar-refractivity contribution in [3.05, 3.63) is 80.4 Å². The molecule has 1 aliphatic heterocycles. The number of hydrogen-bond acceptors (Lipinski definition) is 4. The molecule has 0 spiro atoms. The predicted molar refractivity (Wildman–Crippen MR) is 97.9 cm³/mol. The summed E-state index contributed by atoms with van der Waals surface area (Å²) in [5.74, 6) is -1.20. The van der Waals surface area contributed by atoms with Crippen molar-refractivity contribution in [2.45, 2.75) is 18.4 Å². The molecule has 132 valence electrons. The Morgan fingerprint density at radius 2 is 2.04 bits per heavy atom. The van der Waals surface area contributed by atoms with Gasteiger partial charge in [0, 0.05) is 12.0 Å². The third-order valence-electron chi connectivity index (χ3n) is 5.17. The minimum Gasteiger partial charge on any atom is -0.478 e. The van der Waals surface area contributed by atoms with E-state index < -0.39 is 10.9 Å². The second-order valence-corrected chi connectivity index (χ2v) is 6.89. The van der Waals surface area contributed by atoms with Crippen LogP contribution in [0.15, 0.2) is 48.6 Å². The molecule has 1 heterocycles. The lowest BCUT2D eigenvalue weighted by atomic mass is 9.75. The maximum atomic E-state index is 11.7. The number of carbonyl (C=O) groups is 1. The third-order valence-corrected chi connectivity index (χ3v) is 5.48. The summed E-state index contributed by atoms with van der Waals surface area (Å²) >= 11 is 6.34. The Morgan fingerprint density at radius 1 is 1.27 bits per heavy atom. The highest BCUT2D eigenvalue weighted by atomic mass is 35.5. The third kappa shape index (κ3) is 2.45. The van der Waals surface area contributed by atoms with E-state index in [4.69, 9.17) is 11.6 Å². The topological polar surface area (TPSA) is 92.5 Å². The highest BCUT2D eigenvalue weighted by molar-refractivity contribution is 6.33. The lowest BCUT2D eigenvalue weighted by Gasteiger charge is -2.38. The molecular formula is C19H15ClN2O4. The van der Waals surface area contributed by atoms with E-state index in [1.165, 1.54) is 12.1 Å². The molecule has 1 aliphatic carbocycles.